The first-order chi connectivity index (χ1) is 7.72. The Morgan fingerprint density at radius 2 is 2.12 bits per heavy atom. The van der Waals surface area contributed by atoms with Crippen molar-refractivity contribution in [3.05, 3.63) is 35.4 Å². The van der Waals surface area contributed by atoms with Crippen molar-refractivity contribution in [2.24, 2.45) is 0 Å². The minimum absolute atomic E-state index is 0.121. The Labute approximate surface area is 94.9 Å². The normalized spacial score (nSPS) is 24.9. The lowest BCUT2D eigenvalue weighted by atomic mass is 9.93. The number of hydrogen-bond acceptors (Lipinski definition) is 1. The number of benzene rings is 1. The molecule has 0 spiro atoms. The Bertz CT molecular complexity index is 365. The summed E-state index contributed by atoms with van der Waals surface area (Å²) in [5, 5.41) is 3.35. The van der Waals surface area contributed by atoms with E-state index in [1.807, 2.05) is 6.92 Å². The fourth-order valence-corrected chi connectivity index (χ4v) is 2.64. The van der Waals surface area contributed by atoms with Crippen molar-refractivity contribution in [2.75, 3.05) is 6.54 Å². The molecule has 0 aliphatic heterocycles. The van der Waals surface area contributed by atoms with Crippen molar-refractivity contribution >= 4 is 0 Å². The van der Waals surface area contributed by atoms with Crippen molar-refractivity contribution < 1.29 is 8.78 Å². The van der Waals surface area contributed by atoms with Gasteiger partial charge in [0.15, 0.2) is 0 Å². The lowest BCUT2D eigenvalue weighted by molar-refractivity contribution is 0.471. The molecule has 1 fully saturated rings. The van der Waals surface area contributed by atoms with E-state index in [4.69, 9.17) is 0 Å². The van der Waals surface area contributed by atoms with Crippen LogP contribution in [0, 0.1) is 11.6 Å². The van der Waals surface area contributed by atoms with Gasteiger partial charge in [0.05, 0.1) is 0 Å². The summed E-state index contributed by atoms with van der Waals surface area (Å²) in [7, 11) is 0. The molecule has 3 heteroatoms. The fraction of sp³-hybridized carbons (Fsp3) is 0.538. The summed E-state index contributed by atoms with van der Waals surface area (Å²) in [5.74, 6) is -0.509. The quantitative estimate of drug-likeness (QED) is 0.833. The molecule has 16 heavy (non-hydrogen) atoms. The molecule has 1 nitrogen and oxygen atoms in total. The van der Waals surface area contributed by atoms with E-state index in [2.05, 4.69) is 5.32 Å². The Balaban J connectivity index is 2.25. The zero-order valence-electron chi connectivity index (χ0n) is 9.47. The first kappa shape index (κ1) is 11.5. The minimum Gasteiger partial charge on any atom is -0.314 e. The SMILES string of the molecule is CCNC1CCCC1c1cc(F)ccc1F. The van der Waals surface area contributed by atoms with E-state index in [1.165, 1.54) is 18.2 Å². The number of halogens is 2. The third-order valence-corrected chi connectivity index (χ3v) is 3.34. The summed E-state index contributed by atoms with van der Waals surface area (Å²) >= 11 is 0. The highest BCUT2D eigenvalue weighted by molar-refractivity contribution is 5.25. The van der Waals surface area contributed by atoms with Gasteiger partial charge >= 0.3 is 0 Å². The number of rotatable bonds is 3. The van der Waals surface area contributed by atoms with Crippen LogP contribution >= 0.6 is 0 Å². The highest BCUT2D eigenvalue weighted by Crippen LogP contribution is 2.36. The van der Waals surface area contributed by atoms with Crippen LogP contribution in [0.4, 0.5) is 8.78 Å². The maximum Gasteiger partial charge on any atom is 0.126 e. The molecule has 1 aliphatic rings. The first-order valence-electron chi connectivity index (χ1n) is 5.90. The molecule has 1 saturated carbocycles. The van der Waals surface area contributed by atoms with E-state index in [0.29, 0.717) is 11.6 Å². The number of hydrogen-bond donors (Lipinski definition) is 1. The summed E-state index contributed by atoms with van der Waals surface area (Å²) in [6.45, 7) is 2.91. The maximum absolute atomic E-state index is 13.6. The van der Waals surface area contributed by atoms with Gasteiger partial charge in [-0.05, 0) is 43.1 Å². The molecule has 0 radical (unpaired) electrons. The second-order valence-corrected chi connectivity index (χ2v) is 4.37. The third-order valence-electron chi connectivity index (χ3n) is 3.34. The van der Waals surface area contributed by atoms with Gasteiger partial charge in [0.25, 0.3) is 0 Å². The summed E-state index contributed by atoms with van der Waals surface area (Å²) in [6.07, 6.45) is 3.07. The average molecular weight is 225 g/mol. The highest BCUT2D eigenvalue weighted by atomic mass is 19.1. The van der Waals surface area contributed by atoms with Gasteiger partial charge in [0, 0.05) is 12.0 Å². The Kier molecular flexibility index (Phi) is 3.54. The van der Waals surface area contributed by atoms with Crippen molar-refractivity contribution in [3.63, 3.8) is 0 Å². The van der Waals surface area contributed by atoms with E-state index < -0.39 is 0 Å². The summed E-state index contributed by atoms with van der Waals surface area (Å²) in [4.78, 5) is 0. The zero-order valence-corrected chi connectivity index (χ0v) is 9.47. The van der Waals surface area contributed by atoms with Gasteiger partial charge in [0.2, 0.25) is 0 Å². The zero-order chi connectivity index (χ0) is 11.5. The van der Waals surface area contributed by atoms with Gasteiger partial charge in [-0.2, -0.15) is 0 Å². The predicted molar refractivity (Wildman–Crippen MR) is 60.4 cm³/mol. The summed E-state index contributed by atoms with van der Waals surface area (Å²) < 4.78 is 26.8. The molecule has 0 heterocycles. The Morgan fingerprint density at radius 3 is 2.88 bits per heavy atom. The molecule has 2 rings (SSSR count). The van der Waals surface area contributed by atoms with Crippen LogP contribution in [0.15, 0.2) is 18.2 Å². The van der Waals surface area contributed by atoms with Crippen molar-refractivity contribution in [1.29, 1.82) is 0 Å². The molecule has 1 aromatic rings. The summed E-state index contributed by atoms with van der Waals surface area (Å²) in [6, 6.07) is 4.04. The summed E-state index contributed by atoms with van der Waals surface area (Å²) in [5.41, 5.74) is 0.531. The fourth-order valence-electron chi connectivity index (χ4n) is 2.64. The minimum atomic E-state index is -0.349. The first-order valence-corrected chi connectivity index (χ1v) is 5.90. The van der Waals surface area contributed by atoms with Gasteiger partial charge in [-0.25, -0.2) is 8.78 Å². The van der Waals surface area contributed by atoms with Crippen LogP contribution in [-0.4, -0.2) is 12.6 Å². The van der Waals surface area contributed by atoms with Crippen LogP contribution in [0.25, 0.3) is 0 Å². The van der Waals surface area contributed by atoms with E-state index >= 15 is 0 Å². The van der Waals surface area contributed by atoms with Crippen LogP contribution in [0.3, 0.4) is 0 Å². The Hall–Kier alpha value is -0.960. The molecule has 88 valence electrons. The molecular weight excluding hydrogens is 208 g/mol. The molecule has 0 aromatic heterocycles. The van der Waals surface area contributed by atoms with Crippen LogP contribution in [0.2, 0.25) is 0 Å². The predicted octanol–water partition coefficient (Wildman–Crippen LogP) is 3.21. The second kappa shape index (κ2) is 4.91. The number of nitrogens with one attached hydrogen (secondary N) is 1. The van der Waals surface area contributed by atoms with Crippen LogP contribution < -0.4 is 5.32 Å². The average Bonchev–Trinajstić information content (AvgIpc) is 2.70. The molecule has 1 aliphatic carbocycles. The van der Waals surface area contributed by atoms with Gasteiger partial charge in [-0.1, -0.05) is 13.3 Å². The topological polar surface area (TPSA) is 12.0 Å². The van der Waals surface area contributed by atoms with Crippen molar-refractivity contribution in [1.82, 2.24) is 5.32 Å². The van der Waals surface area contributed by atoms with Crippen LogP contribution in [0.1, 0.15) is 37.7 Å². The van der Waals surface area contributed by atoms with E-state index in [-0.39, 0.29) is 17.6 Å². The van der Waals surface area contributed by atoms with Gasteiger partial charge in [-0.15, -0.1) is 0 Å². The maximum atomic E-state index is 13.6. The van der Waals surface area contributed by atoms with E-state index in [1.54, 1.807) is 0 Å². The molecule has 0 saturated heterocycles. The molecule has 0 amide bonds. The molecule has 2 unspecified atom stereocenters. The second-order valence-electron chi connectivity index (χ2n) is 4.37. The third kappa shape index (κ3) is 2.24. The lowest BCUT2D eigenvalue weighted by Gasteiger charge is -2.21. The Morgan fingerprint density at radius 1 is 1.31 bits per heavy atom. The lowest BCUT2D eigenvalue weighted by Crippen LogP contribution is -2.31. The molecule has 2 atom stereocenters. The largest absolute Gasteiger partial charge is 0.314 e. The van der Waals surface area contributed by atoms with Crippen LogP contribution in [0.5, 0.6) is 0 Å². The molecule has 1 aromatic carbocycles. The smallest absolute Gasteiger partial charge is 0.126 e. The van der Waals surface area contributed by atoms with E-state index in [0.717, 1.165) is 25.8 Å². The number of likely N-dealkylation sites (N-methyl/N-ethyl adjacent to an activating group) is 1. The van der Waals surface area contributed by atoms with Crippen molar-refractivity contribution in [3.8, 4) is 0 Å². The van der Waals surface area contributed by atoms with E-state index in [9.17, 15) is 8.78 Å². The van der Waals surface area contributed by atoms with Gasteiger partial charge in [0.1, 0.15) is 11.6 Å². The molecule has 0 bridgehead atoms. The van der Waals surface area contributed by atoms with Gasteiger partial charge < -0.3 is 5.32 Å². The van der Waals surface area contributed by atoms with Crippen LogP contribution in [-0.2, 0) is 0 Å². The van der Waals surface area contributed by atoms with Gasteiger partial charge in [-0.3, -0.25) is 0 Å². The monoisotopic (exact) mass is 225 g/mol. The highest BCUT2D eigenvalue weighted by Gasteiger charge is 2.29. The molecule has 1 N–H and O–H groups in total. The van der Waals surface area contributed by atoms with Crippen molar-refractivity contribution in [2.45, 2.75) is 38.1 Å². The standard InChI is InChI=1S/C13H17F2N/c1-2-16-13-5-3-4-10(13)11-8-9(14)6-7-12(11)15/h6-8,10,13,16H,2-5H2,1H3. The molecular formula is C13H17F2N.